The zero-order valence-corrected chi connectivity index (χ0v) is 7.24. The van der Waals surface area contributed by atoms with Crippen molar-refractivity contribution in [2.45, 2.75) is 0 Å². The van der Waals surface area contributed by atoms with E-state index in [-0.39, 0.29) is 0 Å². The van der Waals surface area contributed by atoms with Gasteiger partial charge in [0.05, 0.1) is 0 Å². The highest BCUT2D eigenvalue weighted by molar-refractivity contribution is 6.53. The molecule has 0 saturated heterocycles. The van der Waals surface area contributed by atoms with Gasteiger partial charge in [-0.25, -0.2) is 11.7 Å². The first kappa shape index (κ1) is 11.2. The molecule has 0 aromatic heterocycles. The molecule has 6 N–H and O–H groups in total. The largest absolute Gasteiger partial charge is 0.289 e. The Morgan fingerprint density at radius 2 is 1.17 bits per heavy atom. The van der Waals surface area contributed by atoms with E-state index in [9.17, 15) is 9.59 Å². The van der Waals surface area contributed by atoms with Crippen LogP contribution in [0.3, 0.4) is 0 Å². The molecule has 6 nitrogen and oxygen atoms in total. The Morgan fingerprint density at radius 3 is 1.33 bits per heavy atom. The molecule has 0 bridgehead atoms. The number of amides is 2. The molecule has 0 aliphatic heterocycles. The summed E-state index contributed by atoms with van der Waals surface area (Å²) in [6.45, 7) is 0. The number of hydrogen-bond donors (Lipinski definition) is 4. The van der Waals surface area contributed by atoms with E-state index in [2.05, 4.69) is 0 Å². The lowest BCUT2D eigenvalue weighted by Crippen LogP contribution is -2.34. The molecular weight excluding hydrogens is 207 g/mol. The van der Waals surface area contributed by atoms with Crippen molar-refractivity contribution in [3.63, 3.8) is 0 Å². The normalized spacial score (nSPS) is 11.7. The summed E-state index contributed by atoms with van der Waals surface area (Å²) in [6.07, 6.45) is 0. The maximum absolute atomic E-state index is 10.6. The zero-order chi connectivity index (χ0) is 9.72. The lowest BCUT2D eigenvalue weighted by molar-refractivity contribution is -0.119. The van der Waals surface area contributed by atoms with Gasteiger partial charge >= 0.3 is 0 Å². The molecule has 0 rings (SSSR count). The summed E-state index contributed by atoms with van der Waals surface area (Å²) < 4.78 is 0. The average molecular weight is 213 g/mol. The predicted octanol–water partition coefficient (Wildman–Crippen LogP) is -1.34. The molecule has 0 saturated carbocycles. The number of halogens is 2. The minimum atomic E-state index is -0.870. The summed E-state index contributed by atoms with van der Waals surface area (Å²) >= 11 is 10.6. The third kappa shape index (κ3) is 2.67. The molecule has 0 fully saturated rings. The lowest BCUT2D eigenvalue weighted by Gasteiger charge is -2.00. The van der Waals surface area contributed by atoms with E-state index in [0.29, 0.717) is 0 Å². The van der Waals surface area contributed by atoms with Gasteiger partial charge in [-0.1, -0.05) is 23.2 Å². The number of nitrogens with one attached hydrogen (secondary N) is 2. The number of carbonyl (C=O) groups is 2. The Bertz CT molecular complexity index is 215. The van der Waals surface area contributed by atoms with E-state index >= 15 is 0 Å². The predicted molar refractivity (Wildman–Crippen MR) is 43.4 cm³/mol. The third-order valence-corrected chi connectivity index (χ3v) is 1.67. The zero-order valence-electron chi connectivity index (χ0n) is 5.73. The number of nitrogens with two attached hydrogens (primary N) is 2. The van der Waals surface area contributed by atoms with E-state index in [1.165, 1.54) is 0 Å². The molecule has 0 unspecified atom stereocenters. The fraction of sp³-hybridized carbons (Fsp3) is 0. The summed E-state index contributed by atoms with van der Waals surface area (Å²) in [7, 11) is 0. The van der Waals surface area contributed by atoms with Crippen LogP contribution in [0.15, 0.2) is 10.1 Å². The van der Waals surface area contributed by atoms with Crippen LogP contribution >= 0.6 is 23.2 Å². The van der Waals surface area contributed by atoms with Gasteiger partial charge in [0.2, 0.25) is 0 Å². The number of hydrogen-bond acceptors (Lipinski definition) is 4. The Balaban J connectivity index is 4.68. The van der Waals surface area contributed by atoms with Crippen molar-refractivity contribution in [2.75, 3.05) is 0 Å². The monoisotopic (exact) mass is 212 g/mol. The third-order valence-electron chi connectivity index (χ3n) is 0.854. The van der Waals surface area contributed by atoms with Crippen molar-refractivity contribution in [3.05, 3.63) is 10.1 Å². The number of rotatable bonds is 2. The smallest absolute Gasteiger partial charge is 0.278 e. The quantitative estimate of drug-likeness (QED) is 0.197. The van der Waals surface area contributed by atoms with E-state index in [1.54, 1.807) is 10.9 Å². The van der Waals surface area contributed by atoms with E-state index < -0.39 is 21.9 Å². The SMILES string of the molecule is NNC(=O)/C(Cl)=C(/Cl)C(=O)NN. The molecule has 0 radical (unpaired) electrons. The fourth-order valence-electron chi connectivity index (χ4n) is 0.326. The van der Waals surface area contributed by atoms with Gasteiger partial charge in [-0.05, 0) is 0 Å². The molecule has 0 heterocycles. The first-order valence-electron chi connectivity index (χ1n) is 2.61. The summed E-state index contributed by atoms with van der Waals surface area (Å²) in [5.74, 6) is 7.68. The van der Waals surface area contributed by atoms with Crippen LogP contribution in [-0.2, 0) is 9.59 Å². The van der Waals surface area contributed by atoms with E-state index in [0.717, 1.165) is 0 Å². The highest BCUT2D eigenvalue weighted by Crippen LogP contribution is 2.13. The second-order valence-electron chi connectivity index (χ2n) is 1.57. The standard InChI is InChI=1S/C4H6Cl2N4O2/c5-1(3(11)9-7)2(6)4(12)10-8/h7-8H2,(H,9,11)(H,10,12)/b2-1-. The molecule has 0 aliphatic carbocycles. The molecule has 68 valence electrons. The van der Waals surface area contributed by atoms with Gasteiger partial charge in [-0.15, -0.1) is 0 Å². The molecule has 12 heavy (non-hydrogen) atoms. The molecule has 8 heteroatoms. The van der Waals surface area contributed by atoms with Crippen LogP contribution in [0, 0.1) is 0 Å². The molecule has 0 aromatic rings. The molecule has 2 amide bonds. The first-order chi connectivity index (χ1) is 5.54. The maximum atomic E-state index is 10.6. The van der Waals surface area contributed by atoms with Crippen LogP contribution < -0.4 is 22.5 Å². The topological polar surface area (TPSA) is 110 Å². The molecule has 0 aliphatic rings. The Hall–Kier alpha value is -0.820. The van der Waals surface area contributed by atoms with Crippen molar-refractivity contribution in [1.82, 2.24) is 10.9 Å². The van der Waals surface area contributed by atoms with Gasteiger partial charge < -0.3 is 0 Å². The minimum absolute atomic E-state index is 0.526. The van der Waals surface area contributed by atoms with Crippen LogP contribution in [0.25, 0.3) is 0 Å². The number of hydrazine groups is 2. The average Bonchev–Trinajstić information content (AvgIpc) is 2.12. The van der Waals surface area contributed by atoms with Gasteiger partial charge in [0.15, 0.2) is 0 Å². The van der Waals surface area contributed by atoms with E-state index in [4.69, 9.17) is 34.9 Å². The Labute approximate surface area is 77.8 Å². The second-order valence-corrected chi connectivity index (χ2v) is 2.33. The molecule has 0 aromatic carbocycles. The van der Waals surface area contributed by atoms with Crippen molar-refractivity contribution in [3.8, 4) is 0 Å². The van der Waals surface area contributed by atoms with Crippen LogP contribution in [0.2, 0.25) is 0 Å². The van der Waals surface area contributed by atoms with Gasteiger partial charge in [0, 0.05) is 0 Å². The fourth-order valence-corrected chi connectivity index (χ4v) is 0.607. The second kappa shape index (κ2) is 4.94. The van der Waals surface area contributed by atoms with Crippen molar-refractivity contribution < 1.29 is 9.59 Å². The molecule has 0 atom stereocenters. The van der Waals surface area contributed by atoms with Gasteiger partial charge in [0.1, 0.15) is 10.1 Å². The van der Waals surface area contributed by atoms with E-state index in [1.807, 2.05) is 0 Å². The van der Waals surface area contributed by atoms with Crippen LogP contribution in [0.5, 0.6) is 0 Å². The lowest BCUT2D eigenvalue weighted by atomic mass is 10.4. The molecular formula is C4H6Cl2N4O2. The van der Waals surface area contributed by atoms with Crippen molar-refractivity contribution >= 4 is 35.0 Å². The summed E-state index contributed by atoms with van der Waals surface area (Å²) in [5.41, 5.74) is 3.38. The van der Waals surface area contributed by atoms with Crippen LogP contribution in [-0.4, -0.2) is 11.8 Å². The van der Waals surface area contributed by atoms with Crippen molar-refractivity contribution in [1.29, 1.82) is 0 Å². The van der Waals surface area contributed by atoms with Crippen LogP contribution in [0.1, 0.15) is 0 Å². The summed E-state index contributed by atoms with van der Waals surface area (Å²) in [5, 5.41) is -1.05. The number of carbonyl (C=O) groups excluding carboxylic acids is 2. The highest BCUT2D eigenvalue weighted by Gasteiger charge is 2.15. The minimum Gasteiger partial charge on any atom is -0.289 e. The Kier molecular flexibility index (Phi) is 4.60. The van der Waals surface area contributed by atoms with Crippen molar-refractivity contribution in [2.24, 2.45) is 11.7 Å². The van der Waals surface area contributed by atoms with Gasteiger partial charge in [-0.3, -0.25) is 20.4 Å². The summed E-state index contributed by atoms with van der Waals surface area (Å²) in [6, 6.07) is 0. The molecule has 0 spiro atoms. The highest BCUT2D eigenvalue weighted by atomic mass is 35.5. The summed E-state index contributed by atoms with van der Waals surface area (Å²) in [4.78, 5) is 21.3. The first-order valence-corrected chi connectivity index (χ1v) is 3.37. The van der Waals surface area contributed by atoms with Crippen LogP contribution in [0.4, 0.5) is 0 Å². The van der Waals surface area contributed by atoms with Gasteiger partial charge in [-0.2, -0.15) is 0 Å². The maximum Gasteiger partial charge on any atom is 0.278 e. The Morgan fingerprint density at radius 1 is 0.917 bits per heavy atom. The van der Waals surface area contributed by atoms with Gasteiger partial charge in [0.25, 0.3) is 11.8 Å².